The topological polar surface area (TPSA) is 123 Å². The van der Waals surface area contributed by atoms with E-state index in [0.717, 1.165) is 32.6 Å². The predicted molar refractivity (Wildman–Crippen MR) is 99.1 cm³/mol. The van der Waals surface area contributed by atoms with Crippen molar-refractivity contribution in [3.05, 3.63) is 12.7 Å². The van der Waals surface area contributed by atoms with Crippen molar-refractivity contribution in [1.29, 1.82) is 0 Å². The monoisotopic (exact) mass is 390 g/mol. The van der Waals surface area contributed by atoms with E-state index in [1.165, 1.54) is 26.2 Å². The first-order valence-corrected chi connectivity index (χ1v) is 9.36. The average molecular weight is 390 g/mol. The maximum atomic E-state index is 10.8. The fourth-order valence-electron chi connectivity index (χ4n) is 2.49. The van der Waals surface area contributed by atoms with E-state index in [-0.39, 0.29) is 6.61 Å². The van der Waals surface area contributed by atoms with Crippen molar-refractivity contribution in [2.45, 2.75) is 83.4 Å². The molecule has 0 saturated carbocycles. The Morgan fingerprint density at radius 2 is 1.59 bits per heavy atom. The lowest BCUT2D eigenvalue weighted by Gasteiger charge is -2.15. The van der Waals surface area contributed by atoms with Gasteiger partial charge in [0.15, 0.2) is 6.29 Å². The van der Waals surface area contributed by atoms with Gasteiger partial charge in [-0.2, -0.15) is 0 Å². The molecule has 0 amide bonds. The normalized spacial score (nSPS) is 24.0. The molecule has 0 aromatic rings. The molecule has 4 atom stereocenters. The first kappa shape index (κ1) is 25.5. The summed E-state index contributed by atoms with van der Waals surface area (Å²) in [5, 5.41) is 27.1. The fourth-order valence-corrected chi connectivity index (χ4v) is 2.49. The summed E-state index contributed by atoms with van der Waals surface area (Å²) >= 11 is 0. The van der Waals surface area contributed by atoms with E-state index < -0.39 is 36.5 Å². The molecule has 0 aromatic heterocycles. The Bertz CT molecular complexity index is 422. The smallest absolute Gasteiger partial charge is 0.302 e. The molecule has 1 rings (SSSR count). The van der Waals surface area contributed by atoms with Crippen LogP contribution in [-0.4, -0.2) is 65.1 Å². The van der Waals surface area contributed by atoms with Crippen LogP contribution in [0.15, 0.2) is 12.7 Å². The molecule has 8 heteroatoms. The summed E-state index contributed by atoms with van der Waals surface area (Å²) < 4.78 is 15.7. The van der Waals surface area contributed by atoms with Crippen molar-refractivity contribution in [2.24, 2.45) is 0 Å². The van der Waals surface area contributed by atoms with E-state index >= 15 is 0 Å². The lowest BCUT2D eigenvalue weighted by molar-refractivity contribution is -0.175. The van der Waals surface area contributed by atoms with Crippen LogP contribution in [0.25, 0.3) is 0 Å². The van der Waals surface area contributed by atoms with E-state index in [0.29, 0.717) is 6.61 Å². The summed E-state index contributed by atoms with van der Waals surface area (Å²) in [5.74, 6) is -1.28. The first-order chi connectivity index (χ1) is 12.8. The van der Waals surface area contributed by atoms with Gasteiger partial charge in [0, 0.05) is 20.5 Å². The highest BCUT2D eigenvalue weighted by Crippen LogP contribution is 2.23. The zero-order chi connectivity index (χ0) is 20.7. The molecule has 0 aromatic carbocycles. The number of hydrogen-bond donors (Lipinski definition) is 3. The third-order valence-electron chi connectivity index (χ3n) is 3.85. The van der Waals surface area contributed by atoms with E-state index in [9.17, 15) is 15.0 Å². The molecule has 1 aliphatic rings. The number of esters is 1. The molecule has 0 aliphatic carbocycles. The van der Waals surface area contributed by atoms with E-state index in [1.54, 1.807) is 0 Å². The summed E-state index contributed by atoms with van der Waals surface area (Å²) in [7, 11) is 0. The van der Waals surface area contributed by atoms with Crippen molar-refractivity contribution >= 4 is 11.9 Å². The van der Waals surface area contributed by atoms with Crippen LogP contribution in [0.5, 0.6) is 0 Å². The van der Waals surface area contributed by atoms with Gasteiger partial charge in [0.2, 0.25) is 0 Å². The lowest BCUT2D eigenvalue weighted by atomic mass is 10.1. The van der Waals surface area contributed by atoms with Crippen LogP contribution in [0, 0.1) is 0 Å². The standard InChI is InChI=1S/C17H30O6.C2H4O2/c1-3-4-5-6-7-8-9-10-11-21-17-16(20)15(19)14(23-17)12-22-13(2)18;1-2(3)4/h3,14-17,19-20H,1,4-12H2,2H3;1H3,(H,3,4)/t14-,15+,16-,17-;/m1./s1. The molecule has 0 bridgehead atoms. The van der Waals surface area contributed by atoms with Crippen molar-refractivity contribution in [1.82, 2.24) is 0 Å². The number of carbonyl (C=O) groups is 2. The summed E-state index contributed by atoms with van der Waals surface area (Å²) in [6.07, 6.45) is 5.94. The van der Waals surface area contributed by atoms with Gasteiger partial charge in [0.25, 0.3) is 5.97 Å². The van der Waals surface area contributed by atoms with Crippen molar-refractivity contribution in [2.75, 3.05) is 13.2 Å². The maximum absolute atomic E-state index is 10.8. The minimum Gasteiger partial charge on any atom is -0.481 e. The Balaban J connectivity index is 0.00000153. The van der Waals surface area contributed by atoms with Crippen LogP contribution in [0.4, 0.5) is 0 Å². The lowest BCUT2D eigenvalue weighted by Crippen LogP contribution is -2.35. The number of hydrogen-bond acceptors (Lipinski definition) is 7. The summed E-state index contributed by atoms with van der Waals surface area (Å²) in [5.41, 5.74) is 0. The number of rotatable bonds is 12. The Morgan fingerprint density at radius 3 is 2.15 bits per heavy atom. The number of unbranched alkanes of at least 4 members (excludes halogenated alkanes) is 6. The summed E-state index contributed by atoms with van der Waals surface area (Å²) in [6, 6.07) is 0. The summed E-state index contributed by atoms with van der Waals surface area (Å²) in [4.78, 5) is 19.8. The number of aliphatic carboxylic acids is 1. The first-order valence-electron chi connectivity index (χ1n) is 9.36. The molecule has 8 nitrogen and oxygen atoms in total. The van der Waals surface area contributed by atoms with Gasteiger partial charge in [-0.15, -0.1) is 6.58 Å². The van der Waals surface area contributed by atoms with E-state index in [4.69, 9.17) is 24.1 Å². The SMILES string of the molecule is C=CCCCCCCCCO[C@@H]1O[C@H](COC(C)=O)[C@H](O)[C@H]1O.CC(=O)O. The second-order valence-electron chi connectivity index (χ2n) is 6.42. The third-order valence-corrected chi connectivity index (χ3v) is 3.85. The van der Waals surface area contributed by atoms with Crippen LogP contribution in [0.3, 0.4) is 0 Å². The van der Waals surface area contributed by atoms with Gasteiger partial charge in [0.1, 0.15) is 24.9 Å². The molecule has 0 spiro atoms. The zero-order valence-electron chi connectivity index (χ0n) is 16.3. The molecule has 27 heavy (non-hydrogen) atoms. The van der Waals surface area contributed by atoms with Gasteiger partial charge in [-0.05, 0) is 19.3 Å². The Labute approximate surface area is 161 Å². The largest absolute Gasteiger partial charge is 0.481 e. The quantitative estimate of drug-likeness (QED) is 0.263. The highest BCUT2D eigenvalue weighted by molar-refractivity contribution is 5.65. The number of allylic oxidation sites excluding steroid dienone is 1. The minimum absolute atomic E-state index is 0.0852. The van der Waals surface area contributed by atoms with Crippen LogP contribution < -0.4 is 0 Å². The molecule has 0 radical (unpaired) electrons. The summed E-state index contributed by atoms with van der Waals surface area (Å²) in [6.45, 7) is 6.46. The van der Waals surface area contributed by atoms with Gasteiger partial charge < -0.3 is 29.5 Å². The molecule has 1 fully saturated rings. The number of aliphatic hydroxyl groups is 2. The molecule has 1 saturated heterocycles. The van der Waals surface area contributed by atoms with Gasteiger partial charge in [-0.3, -0.25) is 9.59 Å². The number of carboxylic acid groups (broad SMARTS) is 1. The van der Waals surface area contributed by atoms with Crippen LogP contribution in [0.1, 0.15) is 58.8 Å². The van der Waals surface area contributed by atoms with Gasteiger partial charge in [-0.1, -0.05) is 31.8 Å². The average Bonchev–Trinajstić information content (AvgIpc) is 2.86. The number of carboxylic acids is 1. The van der Waals surface area contributed by atoms with Crippen LogP contribution in [0.2, 0.25) is 0 Å². The molecule has 1 aliphatic heterocycles. The Morgan fingerprint density at radius 1 is 1.04 bits per heavy atom. The van der Waals surface area contributed by atoms with Crippen molar-refractivity contribution in [3.63, 3.8) is 0 Å². The molecular weight excluding hydrogens is 356 g/mol. The highest BCUT2D eigenvalue weighted by atomic mass is 16.7. The fraction of sp³-hybridized carbons (Fsp3) is 0.789. The molecule has 0 unspecified atom stereocenters. The Kier molecular flexibility index (Phi) is 14.7. The van der Waals surface area contributed by atoms with Crippen molar-refractivity contribution < 1.29 is 39.1 Å². The third kappa shape index (κ3) is 13.4. The number of aliphatic hydroxyl groups excluding tert-OH is 2. The minimum atomic E-state index is -1.12. The number of carbonyl (C=O) groups excluding carboxylic acids is 1. The van der Waals surface area contributed by atoms with Gasteiger partial charge in [0.05, 0.1) is 0 Å². The highest BCUT2D eigenvalue weighted by Gasteiger charge is 2.43. The molecule has 158 valence electrons. The Hall–Kier alpha value is -1.48. The molecule has 3 N–H and O–H groups in total. The molecular formula is C19H34O8. The van der Waals surface area contributed by atoms with E-state index in [2.05, 4.69) is 6.58 Å². The van der Waals surface area contributed by atoms with Gasteiger partial charge in [-0.25, -0.2) is 0 Å². The van der Waals surface area contributed by atoms with Gasteiger partial charge >= 0.3 is 5.97 Å². The van der Waals surface area contributed by atoms with Crippen LogP contribution >= 0.6 is 0 Å². The van der Waals surface area contributed by atoms with Crippen LogP contribution in [-0.2, 0) is 23.8 Å². The predicted octanol–water partition coefficient (Wildman–Crippen LogP) is 2.02. The molecule has 1 heterocycles. The van der Waals surface area contributed by atoms with E-state index in [1.807, 2.05) is 6.08 Å². The zero-order valence-corrected chi connectivity index (χ0v) is 16.3. The second-order valence-corrected chi connectivity index (χ2v) is 6.42. The second kappa shape index (κ2) is 15.6. The maximum Gasteiger partial charge on any atom is 0.302 e. The van der Waals surface area contributed by atoms with Crippen molar-refractivity contribution in [3.8, 4) is 0 Å². The number of ether oxygens (including phenoxy) is 3.